The summed E-state index contributed by atoms with van der Waals surface area (Å²) in [5.41, 5.74) is 2.14. The third-order valence-electron chi connectivity index (χ3n) is 4.32. The first-order chi connectivity index (χ1) is 13.1. The van der Waals surface area contributed by atoms with E-state index in [1.165, 1.54) is 14.7 Å². The van der Waals surface area contributed by atoms with Gasteiger partial charge in [0.15, 0.2) is 0 Å². The van der Waals surface area contributed by atoms with E-state index in [4.69, 9.17) is 0 Å². The topological polar surface area (TPSA) is 43.9 Å². The van der Waals surface area contributed by atoms with Gasteiger partial charge in [-0.3, -0.25) is 14.6 Å². The van der Waals surface area contributed by atoms with Gasteiger partial charge in [-0.15, -0.1) is 11.8 Å². The first-order valence-electron chi connectivity index (χ1n) is 8.72. The zero-order valence-corrected chi connectivity index (χ0v) is 16.4. The van der Waals surface area contributed by atoms with E-state index in [-0.39, 0.29) is 25.2 Å². The summed E-state index contributed by atoms with van der Waals surface area (Å²) in [5, 5.41) is 0. The molecule has 1 aliphatic heterocycles. The molecule has 1 aliphatic rings. The second-order valence-electron chi connectivity index (χ2n) is 6.46. The van der Waals surface area contributed by atoms with Crippen LogP contribution in [0.1, 0.15) is 11.1 Å². The average molecular weight is 382 g/mol. The van der Waals surface area contributed by atoms with Gasteiger partial charge in [-0.2, -0.15) is 0 Å². The molecule has 0 saturated carbocycles. The fourth-order valence-corrected chi connectivity index (χ4v) is 3.30. The third kappa shape index (κ3) is 4.99. The van der Waals surface area contributed by atoms with E-state index < -0.39 is 0 Å². The van der Waals surface area contributed by atoms with Crippen molar-refractivity contribution >= 4 is 29.8 Å². The second-order valence-corrected chi connectivity index (χ2v) is 7.34. The lowest BCUT2D eigenvalue weighted by Crippen LogP contribution is -2.39. The molecule has 6 heteroatoms. The maximum absolute atomic E-state index is 12.6. The number of hydrogen-bond acceptors (Lipinski definition) is 4. The number of carbonyl (C=O) groups is 2. The van der Waals surface area contributed by atoms with Crippen molar-refractivity contribution in [2.75, 3.05) is 26.5 Å². The molecule has 3 rings (SSSR count). The van der Waals surface area contributed by atoms with Gasteiger partial charge in [0.2, 0.25) is 0 Å². The lowest BCUT2D eigenvalue weighted by molar-refractivity contribution is -0.126. The number of rotatable bonds is 7. The normalized spacial score (nSPS) is 14.8. The Bertz CT molecular complexity index is 821. The molecule has 1 saturated heterocycles. The summed E-state index contributed by atoms with van der Waals surface area (Å²) in [6, 6.07) is 17.7. The van der Waals surface area contributed by atoms with E-state index in [1.54, 1.807) is 18.0 Å². The molecule has 0 spiro atoms. The number of carbonyl (C=O) groups excluding carboxylic acids is 2. The molecule has 0 bridgehead atoms. The van der Waals surface area contributed by atoms with E-state index >= 15 is 0 Å². The molecule has 0 radical (unpaired) electrons. The van der Waals surface area contributed by atoms with Gasteiger partial charge in [0.25, 0.3) is 5.91 Å². The molecular weight excluding hydrogens is 358 g/mol. The molecule has 27 heavy (non-hydrogen) atoms. The Morgan fingerprint density at radius 2 is 1.78 bits per heavy atom. The summed E-state index contributed by atoms with van der Waals surface area (Å²) < 4.78 is 0. The molecule has 0 aliphatic carbocycles. The zero-order chi connectivity index (χ0) is 19.2. The summed E-state index contributed by atoms with van der Waals surface area (Å²) >= 11 is 1.70. The highest BCUT2D eigenvalue weighted by Gasteiger charge is 2.35. The van der Waals surface area contributed by atoms with Crippen LogP contribution in [0.3, 0.4) is 0 Å². The van der Waals surface area contributed by atoms with E-state index in [0.29, 0.717) is 6.54 Å². The predicted octanol–water partition coefficient (Wildman–Crippen LogP) is 3.73. The Morgan fingerprint density at radius 1 is 1.07 bits per heavy atom. The summed E-state index contributed by atoms with van der Waals surface area (Å²) in [6.07, 6.45) is 5.56. The molecule has 0 atom stereocenters. The Labute approximate surface area is 164 Å². The van der Waals surface area contributed by atoms with Crippen LogP contribution in [0.2, 0.25) is 0 Å². The minimum Gasteiger partial charge on any atom is -0.291 e. The van der Waals surface area contributed by atoms with Crippen molar-refractivity contribution in [3.05, 3.63) is 71.9 Å². The van der Waals surface area contributed by atoms with Gasteiger partial charge in [-0.1, -0.05) is 42.5 Å². The fraction of sp³-hybridized carbons (Fsp3) is 0.238. The number of imide groups is 1. The molecule has 0 unspecified atom stereocenters. The van der Waals surface area contributed by atoms with Crippen molar-refractivity contribution in [3.63, 3.8) is 0 Å². The Morgan fingerprint density at radius 3 is 2.44 bits per heavy atom. The number of nitrogens with zero attached hydrogens (tertiary/aromatic N) is 3. The van der Waals surface area contributed by atoms with E-state index in [1.807, 2.05) is 54.6 Å². The third-order valence-corrected chi connectivity index (χ3v) is 5.07. The largest absolute Gasteiger partial charge is 0.332 e. The highest BCUT2D eigenvalue weighted by atomic mass is 32.2. The Balaban J connectivity index is 1.58. The maximum atomic E-state index is 12.6. The van der Waals surface area contributed by atoms with E-state index in [0.717, 1.165) is 11.1 Å². The molecule has 5 nitrogen and oxygen atoms in total. The maximum Gasteiger partial charge on any atom is 0.332 e. The van der Waals surface area contributed by atoms with Crippen molar-refractivity contribution in [2.45, 2.75) is 11.4 Å². The van der Waals surface area contributed by atoms with Gasteiger partial charge in [-0.25, -0.2) is 9.69 Å². The quantitative estimate of drug-likeness (QED) is 0.541. The van der Waals surface area contributed by atoms with Gasteiger partial charge in [-0.05, 0) is 42.6 Å². The van der Waals surface area contributed by atoms with Crippen molar-refractivity contribution in [1.82, 2.24) is 14.7 Å². The fourth-order valence-electron chi connectivity index (χ4n) is 2.89. The molecular formula is C21H23N3O2S. The van der Waals surface area contributed by atoms with Crippen LogP contribution in [0.25, 0.3) is 6.08 Å². The minimum absolute atomic E-state index is 0.0818. The SMILES string of the molecule is CSc1ccc(CN(C)CN2C(=O)CN(/C=C/c3ccccc3)C2=O)cc1. The van der Waals surface area contributed by atoms with Crippen LogP contribution in [0.4, 0.5) is 4.79 Å². The van der Waals surface area contributed by atoms with Gasteiger partial charge in [0, 0.05) is 17.6 Å². The van der Waals surface area contributed by atoms with Gasteiger partial charge < -0.3 is 0 Å². The number of hydrogen-bond donors (Lipinski definition) is 0. The lowest BCUT2D eigenvalue weighted by atomic mass is 10.2. The van der Waals surface area contributed by atoms with Crippen LogP contribution >= 0.6 is 11.8 Å². The molecule has 1 fully saturated rings. The first-order valence-corrected chi connectivity index (χ1v) is 9.95. The molecule has 2 aromatic rings. The molecule has 0 aromatic heterocycles. The monoisotopic (exact) mass is 381 g/mol. The van der Waals surface area contributed by atoms with E-state index in [2.05, 4.69) is 24.3 Å². The van der Waals surface area contributed by atoms with Crippen LogP contribution in [0.5, 0.6) is 0 Å². The predicted molar refractivity (Wildman–Crippen MR) is 109 cm³/mol. The van der Waals surface area contributed by atoms with Crippen molar-refractivity contribution in [1.29, 1.82) is 0 Å². The van der Waals surface area contributed by atoms with Gasteiger partial charge in [0.05, 0.1) is 6.67 Å². The summed E-state index contributed by atoms with van der Waals surface area (Å²) in [7, 11) is 1.91. The summed E-state index contributed by atoms with van der Waals surface area (Å²) in [4.78, 5) is 30.8. The van der Waals surface area contributed by atoms with Crippen LogP contribution < -0.4 is 0 Å². The number of amides is 3. The smallest absolute Gasteiger partial charge is 0.291 e. The molecule has 2 aromatic carbocycles. The van der Waals surface area contributed by atoms with Gasteiger partial charge in [0.1, 0.15) is 6.54 Å². The van der Waals surface area contributed by atoms with Crippen molar-refractivity contribution in [3.8, 4) is 0 Å². The van der Waals surface area contributed by atoms with Crippen molar-refractivity contribution < 1.29 is 9.59 Å². The van der Waals surface area contributed by atoms with Gasteiger partial charge >= 0.3 is 6.03 Å². The van der Waals surface area contributed by atoms with Crippen LogP contribution in [0, 0.1) is 0 Å². The molecule has 140 valence electrons. The van der Waals surface area contributed by atoms with Crippen LogP contribution in [0.15, 0.2) is 65.7 Å². The molecule has 0 N–H and O–H groups in total. The minimum atomic E-state index is -0.281. The average Bonchev–Trinajstić information content (AvgIpc) is 2.95. The van der Waals surface area contributed by atoms with Crippen molar-refractivity contribution in [2.24, 2.45) is 0 Å². The second kappa shape index (κ2) is 8.88. The Kier molecular flexibility index (Phi) is 6.32. The zero-order valence-electron chi connectivity index (χ0n) is 15.5. The first kappa shape index (κ1) is 19.2. The highest BCUT2D eigenvalue weighted by molar-refractivity contribution is 7.98. The molecule has 1 heterocycles. The Hall–Kier alpha value is -2.57. The summed E-state index contributed by atoms with van der Waals surface area (Å²) in [6.45, 7) is 1.03. The number of urea groups is 1. The lowest BCUT2D eigenvalue weighted by Gasteiger charge is -2.22. The van der Waals surface area contributed by atoms with E-state index in [9.17, 15) is 9.59 Å². The standard InChI is InChI=1S/C21H23N3O2S/c1-22(14-18-8-10-19(27-2)11-9-18)16-24-20(25)15-23(21(24)26)13-12-17-6-4-3-5-7-17/h3-13H,14-16H2,1-2H3/b13-12+. The molecule has 3 amide bonds. The van der Waals surface area contributed by atoms with Crippen LogP contribution in [-0.2, 0) is 11.3 Å². The van der Waals surface area contributed by atoms with Crippen LogP contribution in [-0.4, -0.2) is 53.2 Å². The number of benzene rings is 2. The number of thioether (sulfide) groups is 1. The highest BCUT2D eigenvalue weighted by Crippen LogP contribution is 2.17. The summed E-state index contributed by atoms with van der Waals surface area (Å²) in [5.74, 6) is -0.178.